The number of amides is 1. The molecule has 0 aromatic rings. The van der Waals surface area contributed by atoms with E-state index in [1.165, 1.54) is 0 Å². The number of ether oxygens (including phenoxy) is 1. The van der Waals surface area contributed by atoms with Gasteiger partial charge in [0.2, 0.25) is 5.91 Å². The van der Waals surface area contributed by atoms with Crippen molar-refractivity contribution >= 4 is 5.91 Å². The Kier molecular flexibility index (Phi) is 6.47. The summed E-state index contributed by atoms with van der Waals surface area (Å²) in [6.07, 6.45) is 4.88. The molecule has 0 aromatic heterocycles. The number of methoxy groups -OCH3 is 1. The van der Waals surface area contributed by atoms with Crippen molar-refractivity contribution in [1.82, 2.24) is 5.32 Å². The molecule has 100 valence electrons. The number of nitrogens with two attached hydrogens (primary N) is 1. The summed E-state index contributed by atoms with van der Waals surface area (Å²) in [6, 6.07) is -0.691. The summed E-state index contributed by atoms with van der Waals surface area (Å²) in [4.78, 5) is 11.8. The molecule has 0 heterocycles. The Hall–Kier alpha value is -0.650. The van der Waals surface area contributed by atoms with Gasteiger partial charge < -0.3 is 20.9 Å². The van der Waals surface area contributed by atoms with Crippen LogP contribution >= 0.6 is 0 Å². The van der Waals surface area contributed by atoms with Crippen LogP contribution in [0.2, 0.25) is 0 Å². The normalized spacial score (nSPS) is 27.2. The molecule has 0 aromatic carbocycles. The molecule has 4 N–H and O–H groups in total. The maximum absolute atomic E-state index is 11.8. The molecule has 0 spiro atoms. The second-order valence-corrected chi connectivity index (χ2v) is 4.71. The van der Waals surface area contributed by atoms with Crippen molar-refractivity contribution in [2.75, 3.05) is 13.7 Å². The monoisotopic (exact) mass is 244 g/mol. The lowest BCUT2D eigenvalue weighted by molar-refractivity contribution is -0.124. The molecule has 1 fully saturated rings. The minimum atomic E-state index is -0.551. The SMILES string of the molecule is COCCC(N)C(=O)NC1CCCCCC1O. The standard InChI is InChI=1S/C12H24N2O3/c1-17-8-7-9(13)12(16)14-10-5-3-2-4-6-11(10)15/h9-11,15H,2-8,13H2,1H3,(H,14,16). The summed E-state index contributed by atoms with van der Waals surface area (Å²) < 4.78 is 4.88. The van der Waals surface area contributed by atoms with Crippen LogP contribution in [-0.4, -0.2) is 42.9 Å². The highest BCUT2D eigenvalue weighted by Crippen LogP contribution is 2.18. The molecule has 5 nitrogen and oxygen atoms in total. The van der Waals surface area contributed by atoms with Crippen molar-refractivity contribution in [1.29, 1.82) is 0 Å². The summed E-state index contributed by atoms with van der Waals surface area (Å²) in [5.41, 5.74) is 5.73. The van der Waals surface area contributed by atoms with Crippen molar-refractivity contribution in [2.45, 2.75) is 56.7 Å². The van der Waals surface area contributed by atoms with Gasteiger partial charge in [0.15, 0.2) is 0 Å². The highest BCUT2D eigenvalue weighted by molar-refractivity contribution is 5.81. The van der Waals surface area contributed by atoms with Gasteiger partial charge in [-0.1, -0.05) is 19.3 Å². The molecule has 3 atom stereocenters. The quantitative estimate of drug-likeness (QED) is 0.601. The smallest absolute Gasteiger partial charge is 0.237 e. The zero-order valence-electron chi connectivity index (χ0n) is 10.5. The van der Waals surface area contributed by atoms with Gasteiger partial charge in [0.25, 0.3) is 0 Å². The lowest BCUT2D eigenvalue weighted by Gasteiger charge is -2.23. The summed E-state index contributed by atoms with van der Waals surface area (Å²) in [5, 5.41) is 12.7. The highest BCUT2D eigenvalue weighted by Gasteiger charge is 2.25. The minimum Gasteiger partial charge on any atom is -0.391 e. The van der Waals surface area contributed by atoms with Crippen molar-refractivity contribution in [3.63, 3.8) is 0 Å². The Labute approximate surface area is 103 Å². The number of hydrogen-bond donors (Lipinski definition) is 3. The molecule has 1 saturated carbocycles. The topological polar surface area (TPSA) is 84.6 Å². The molecular formula is C12H24N2O3. The summed E-state index contributed by atoms with van der Waals surface area (Å²) >= 11 is 0. The van der Waals surface area contributed by atoms with Crippen LogP contribution in [-0.2, 0) is 9.53 Å². The van der Waals surface area contributed by atoms with Gasteiger partial charge in [-0.05, 0) is 19.3 Å². The zero-order valence-corrected chi connectivity index (χ0v) is 10.5. The van der Waals surface area contributed by atoms with E-state index in [0.717, 1.165) is 32.1 Å². The van der Waals surface area contributed by atoms with Crippen LogP contribution in [0, 0.1) is 0 Å². The molecule has 1 amide bonds. The van der Waals surface area contributed by atoms with E-state index >= 15 is 0 Å². The largest absolute Gasteiger partial charge is 0.391 e. The first-order valence-corrected chi connectivity index (χ1v) is 6.38. The lowest BCUT2D eigenvalue weighted by atomic mass is 10.1. The Morgan fingerprint density at radius 1 is 1.47 bits per heavy atom. The van der Waals surface area contributed by atoms with Gasteiger partial charge in [-0.25, -0.2) is 0 Å². The molecular weight excluding hydrogens is 220 g/mol. The first kappa shape index (κ1) is 14.4. The van der Waals surface area contributed by atoms with E-state index < -0.39 is 12.1 Å². The third-order valence-electron chi connectivity index (χ3n) is 3.28. The van der Waals surface area contributed by atoms with Crippen LogP contribution in [0.5, 0.6) is 0 Å². The lowest BCUT2D eigenvalue weighted by Crippen LogP contribution is -2.49. The molecule has 1 aliphatic rings. The van der Waals surface area contributed by atoms with Gasteiger partial charge >= 0.3 is 0 Å². The van der Waals surface area contributed by atoms with Crippen molar-refractivity contribution in [2.24, 2.45) is 5.73 Å². The molecule has 0 saturated heterocycles. The predicted octanol–water partition coefficient (Wildman–Crippen LogP) is 0.160. The van der Waals surface area contributed by atoms with E-state index in [9.17, 15) is 9.90 Å². The summed E-state index contributed by atoms with van der Waals surface area (Å²) in [7, 11) is 1.58. The third kappa shape index (κ3) is 5.02. The fourth-order valence-corrected chi connectivity index (χ4v) is 2.12. The van der Waals surface area contributed by atoms with Crippen LogP contribution in [0.25, 0.3) is 0 Å². The van der Waals surface area contributed by atoms with Gasteiger partial charge in [-0.3, -0.25) is 4.79 Å². The van der Waals surface area contributed by atoms with Crippen molar-refractivity contribution in [3.8, 4) is 0 Å². The summed E-state index contributed by atoms with van der Waals surface area (Å²) in [5.74, 6) is -0.187. The number of aliphatic hydroxyl groups excluding tert-OH is 1. The number of rotatable bonds is 5. The van der Waals surface area contributed by atoms with Gasteiger partial charge in [0, 0.05) is 13.7 Å². The van der Waals surface area contributed by atoms with Crippen molar-refractivity contribution in [3.05, 3.63) is 0 Å². The molecule has 1 rings (SSSR count). The first-order valence-electron chi connectivity index (χ1n) is 6.38. The maximum atomic E-state index is 11.8. The minimum absolute atomic E-state index is 0.140. The van der Waals surface area contributed by atoms with Crippen molar-refractivity contribution < 1.29 is 14.6 Å². The van der Waals surface area contributed by atoms with E-state index in [2.05, 4.69) is 5.32 Å². The van der Waals surface area contributed by atoms with Crippen LogP contribution in [0.1, 0.15) is 38.5 Å². The number of nitrogens with one attached hydrogen (secondary N) is 1. The number of aliphatic hydroxyl groups is 1. The third-order valence-corrected chi connectivity index (χ3v) is 3.28. The van der Waals surface area contributed by atoms with E-state index in [-0.39, 0.29) is 11.9 Å². The Morgan fingerprint density at radius 3 is 2.88 bits per heavy atom. The van der Waals surface area contributed by atoms with Gasteiger partial charge in [0.05, 0.1) is 18.2 Å². The van der Waals surface area contributed by atoms with E-state index in [1.54, 1.807) is 7.11 Å². The van der Waals surface area contributed by atoms with Gasteiger partial charge in [0.1, 0.15) is 0 Å². The fraction of sp³-hybridized carbons (Fsp3) is 0.917. The number of carbonyl (C=O) groups is 1. The fourth-order valence-electron chi connectivity index (χ4n) is 2.12. The van der Waals surface area contributed by atoms with E-state index in [0.29, 0.717) is 13.0 Å². The molecule has 5 heteroatoms. The second-order valence-electron chi connectivity index (χ2n) is 4.71. The highest BCUT2D eigenvalue weighted by atomic mass is 16.5. The van der Waals surface area contributed by atoms with Crippen LogP contribution in [0.4, 0.5) is 0 Å². The molecule has 0 radical (unpaired) electrons. The average Bonchev–Trinajstić information content (AvgIpc) is 2.52. The maximum Gasteiger partial charge on any atom is 0.237 e. The van der Waals surface area contributed by atoms with E-state index in [1.807, 2.05) is 0 Å². The average molecular weight is 244 g/mol. The molecule has 3 unspecified atom stereocenters. The van der Waals surface area contributed by atoms with Gasteiger partial charge in [-0.15, -0.1) is 0 Å². The molecule has 0 bridgehead atoms. The van der Waals surface area contributed by atoms with Gasteiger partial charge in [-0.2, -0.15) is 0 Å². The predicted molar refractivity (Wildman–Crippen MR) is 65.5 cm³/mol. The zero-order chi connectivity index (χ0) is 12.7. The summed E-state index contributed by atoms with van der Waals surface area (Å²) in [6.45, 7) is 0.474. The van der Waals surface area contributed by atoms with Crippen LogP contribution < -0.4 is 11.1 Å². The number of carbonyl (C=O) groups excluding carboxylic acids is 1. The molecule has 17 heavy (non-hydrogen) atoms. The van der Waals surface area contributed by atoms with Crippen LogP contribution in [0.3, 0.4) is 0 Å². The second kappa shape index (κ2) is 7.63. The number of hydrogen-bond acceptors (Lipinski definition) is 4. The molecule has 0 aliphatic heterocycles. The van der Waals surface area contributed by atoms with Crippen LogP contribution in [0.15, 0.2) is 0 Å². The Balaban J connectivity index is 2.37. The Morgan fingerprint density at radius 2 is 2.18 bits per heavy atom. The molecule has 1 aliphatic carbocycles. The Bertz CT molecular complexity index is 236. The van der Waals surface area contributed by atoms with E-state index in [4.69, 9.17) is 10.5 Å². The first-order chi connectivity index (χ1) is 8.15.